The molecule has 0 aliphatic heterocycles. The molecule has 0 atom stereocenters. The van der Waals surface area contributed by atoms with E-state index in [1.165, 1.54) is 25.4 Å². The number of hydrogen-bond donors (Lipinski definition) is 1. The van der Waals surface area contributed by atoms with Gasteiger partial charge >= 0.3 is 5.97 Å². The van der Waals surface area contributed by atoms with Crippen LogP contribution in [0.1, 0.15) is 27.6 Å². The molecule has 0 bridgehead atoms. The molecule has 1 heterocycles. The van der Waals surface area contributed by atoms with E-state index in [9.17, 15) is 14.0 Å². The van der Waals surface area contributed by atoms with E-state index < -0.39 is 11.8 Å². The number of anilines is 1. The van der Waals surface area contributed by atoms with Gasteiger partial charge in [-0.25, -0.2) is 19.2 Å². The van der Waals surface area contributed by atoms with Gasteiger partial charge in [0.15, 0.2) is 10.9 Å². The van der Waals surface area contributed by atoms with E-state index in [1.54, 1.807) is 6.92 Å². The van der Waals surface area contributed by atoms with Crippen LogP contribution in [0.5, 0.6) is 5.75 Å². The lowest BCUT2D eigenvalue weighted by molar-refractivity contribution is 0.0526. The topological polar surface area (TPSA) is 104 Å². The lowest BCUT2D eigenvalue weighted by atomic mass is 10.1. The fourth-order valence-corrected chi connectivity index (χ4v) is 2.63. The number of rotatable bonds is 7. The molecule has 0 unspecified atom stereocenters. The zero-order valence-electron chi connectivity index (χ0n) is 13.6. The fraction of sp³-hybridized carbons (Fsp3) is 0.250. The summed E-state index contributed by atoms with van der Waals surface area (Å²) in [5, 5.41) is 0.217. The molecule has 9 heteroatoms. The molecule has 25 heavy (non-hydrogen) atoms. The van der Waals surface area contributed by atoms with Crippen LogP contribution in [-0.4, -0.2) is 41.2 Å². The molecule has 0 amide bonds. The van der Waals surface area contributed by atoms with Crippen molar-refractivity contribution in [3.63, 3.8) is 0 Å². The molecule has 2 rings (SSSR count). The number of esters is 1. The summed E-state index contributed by atoms with van der Waals surface area (Å²) in [6.07, 6.45) is 1.25. The highest BCUT2D eigenvalue weighted by molar-refractivity contribution is 7.99. The smallest absolute Gasteiger partial charge is 0.343 e. The molecule has 1 aromatic carbocycles. The highest BCUT2D eigenvalue weighted by Gasteiger charge is 2.17. The summed E-state index contributed by atoms with van der Waals surface area (Å²) in [5.41, 5.74) is 5.91. The van der Waals surface area contributed by atoms with Crippen LogP contribution in [0.2, 0.25) is 0 Å². The van der Waals surface area contributed by atoms with Crippen molar-refractivity contribution in [1.82, 2.24) is 9.97 Å². The molecule has 0 radical (unpaired) electrons. The second kappa shape index (κ2) is 8.43. The SMILES string of the molecule is CCOC(=O)c1cnc(SCC(=O)c2cc(F)ccc2OC)nc1N. The average molecular weight is 365 g/mol. The Hall–Kier alpha value is -2.68. The number of hydrogen-bond acceptors (Lipinski definition) is 8. The van der Waals surface area contributed by atoms with Crippen LogP contribution >= 0.6 is 11.8 Å². The van der Waals surface area contributed by atoms with Crippen LogP contribution in [0.4, 0.5) is 10.2 Å². The van der Waals surface area contributed by atoms with E-state index >= 15 is 0 Å². The first kappa shape index (κ1) is 18.7. The molecule has 7 nitrogen and oxygen atoms in total. The van der Waals surface area contributed by atoms with Crippen molar-refractivity contribution in [1.29, 1.82) is 0 Å². The number of Topliss-reactive ketones (excluding diaryl/α,β-unsaturated/α-hetero) is 1. The number of nitrogen functional groups attached to an aromatic ring is 1. The third kappa shape index (κ3) is 4.66. The first-order chi connectivity index (χ1) is 12.0. The van der Waals surface area contributed by atoms with E-state index in [-0.39, 0.29) is 46.0 Å². The van der Waals surface area contributed by atoms with Gasteiger partial charge in [-0.3, -0.25) is 4.79 Å². The molecular weight excluding hydrogens is 349 g/mol. The highest BCUT2D eigenvalue weighted by atomic mass is 32.2. The summed E-state index contributed by atoms with van der Waals surface area (Å²) >= 11 is 1.01. The second-order valence-electron chi connectivity index (χ2n) is 4.73. The summed E-state index contributed by atoms with van der Waals surface area (Å²) in [4.78, 5) is 31.9. The van der Waals surface area contributed by atoms with Crippen LogP contribution in [0.15, 0.2) is 29.6 Å². The average Bonchev–Trinajstić information content (AvgIpc) is 2.59. The van der Waals surface area contributed by atoms with E-state index in [0.29, 0.717) is 0 Å². The zero-order chi connectivity index (χ0) is 18.4. The van der Waals surface area contributed by atoms with E-state index in [1.807, 2.05) is 0 Å². The number of methoxy groups -OCH3 is 1. The maximum absolute atomic E-state index is 13.3. The van der Waals surface area contributed by atoms with E-state index in [4.69, 9.17) is 15.2 Å². The Bertz CT molecular complexity index is 801. The van der Waals surface area contributed by atoms with Crippen LogP contribution in [0, 0.1) is 5.82 Å². The number of nitrogens with zero attached hydrogens (tertiary/aromatic N) is 2. The molecule has 0 saturated heterocycles. The number of ether oxygens (including phenoxy) is 2. The second-order valence-corrected chi connectivity index (χ2v) is 5.67. The Labute approximate surface area is 147 Å². The summed E-state index contributed by atoms with van der Waals surface area (Å²) < 4.78 is 23.2. The number of nitrogens with two attached hydrogens (primary N) is 1. The number of aromatic nitrogens is 2. The third-order valence-electron chi connectivity index (χ3n) is 3.09. The summed E-state index contributed by atoms with van der Waals surface area (Å²) in [5.74, 6) is -1.29. The normalized spacial score (nSPS) is 10.4. The number of thioether (sulfide) groups is 1. The van der Waals surface area contributed by atoms with E-state index in [0.717, 1.165) is 17.8 Å². The largest absolute Gasteiger partial charge is 0.496 e. The maximum atomic E-state index is 13.3. The Morgan fingerprint density at radius 3 is 2.72 bits per heavy atom. The van der Waals surface area contributed by atoms with Gasteiger partial charge < -0.3 is 15.2 Å². The molecule has 0 spiro atoms. The number of carbonyl (C=O) groups is 2. The van der Waals surface area contributed by atoms with Crippen LogP contribution in [0.25, 0.3) is 0 Å². The van der Waals surface area contributed by atoms with Crippen molar-refractivity contribution in [2.75, 3.05) is 25.2 Å². The van der Waals surface area contributed by atoms with Crippen LogP contribution in [-0.2, 0) is 4.74 Å². The van der Waals surface area contributed by atoms with Crippen LogP contribution in [0.3, 0.4) is 0 Å². The minimum Gasteiger partial charge on any atom is -0.496 e. The van der Waals surface area contributed by atoms with Gasteiger partial charge in [-0.2, -0.15) is 0 Å². The molecule has 0 aliphatic carbocycles. The fourth-order valence-electron chi connectivity index (χ4n) is 1.92. The lowest BCUT2D eigenvalue weighted by Crippen LogP contribution is -2.11. The molecule has 2 N–H and O–H groups in total. The first-order valence-corrected chi connectivity index (χ1v) is 8.24. The van der Waals surface area contributed by atoms with Gasteiger partial charge in [0.1, 0.15) is 22.9 Å². The highest BCUT2D eigenvalue weighted by Crippen LogP contribution is 2.23. The molecule has 132 valence electrons. The summed E-state index contributed by atoms with van der Waals surface area (Å²) in [6.45, 7) is 1.88. The Morgan fingerprint density at radius 2 is 2.08 bits per heavy atom. The predicted molar refractivity (Wildman–Crippen MR) is 90.4 cm³/mol. The van der Waals surface area contributed by atoms with Gasteiger partial charge in [-0.05, 0) is 25.1 Å². The third-order valence-corrected chi connectivity index (χ3v) is 3.95. The number of benzene rings is 1. The molecule has 2 aromatic rings. The summed E-state index contributed by atoms with van der Waals surface area (Å²) in [6, 6.07) is 3.71. The Morgan fingerprint density at radius 1 is 1.32 bits per heavy atom. The van der Waals surface area contributed by atoms with Crippen molar-refractivity contribution in [2.24, 2.45) is 0 Å². The Balaban J connectivity index is 2.09. The lowest BCUT2D eigenvalue weighted by Gasteiger charge is -2.08. The predicted octanol–water partition coefficient (Wildman–Crippen LogP) is 2.36. The quantitative estimate of drug-likeness (QED) is 0.345. The number of ketones is 1. The van der Waals surface area contributed by atoms with Gasteiger partial charge in [0.2, 0.25) is 0 Å². The van der Waals surface area contributed by atoms with Gasteiger partial charge in [-0.1, -0.05) is 11.8 Å². The molecule has 0 aliphatic rings. The van der Waals surface area contributed by atoms with Crippen molar-refractivity contribution in [3.05, 3.63) is 41.3 Å². The minimum absolute atomic E-state index is 0.0354. The van der Waals surface area contributed by atoms with Crippen molar-refractivity contribution < 1.29 is 23.5 Å². The Kier molecular flexibility index (Phi) is 6.29. The van der Waals surface area contributed by atoms with Crippen molar-refractivity contribution in [2.45, 2.75) is 12.1 Å². The number of halogens is 1. The van der Waals surface area contributed by atoms with Crippen molar-refractivity contribution in [3.8, 4) is 5.75 Å². The monoisotopic (exact) mass is 365 g/mol. The van der Waals surface area contributed by atoms with Gasteiger partial charge in [0.25, 0.3) is 0 Å². The maximum Gasteiger partial charge on any atom is 0.343 e. The van der Waals surface area contributed by atoms with Crippen molar-refractivity contribution >= 4 is 29.3 Å². The minimum atomic E-state index is -0.614. The first-order valence-electron chi connectivity index (χ1n) is 7.25. The molecule has 0 saturated carbocycles. The van der Waals surface area contributed by atoms with Gasteiger partial charge in [0.05, 0.1) is 25.0 Å². The van der Waals surface area contributed by atoms with Gasteiger partial charge in [0, 0.05) is 6.20 Å². The van der Waals surface area contributed by atoms with Crippen LogP contribution < -0.4 is 10.5 Å². The molecule has 0 fully saturated rings. The summed E-state index contributed by atoms with van der Waals surface area (Å²) in [7, 11) is 1.40. The number of carbonyl (C=O) groups excluding carboxylic acids is 2. The standard InChI is InChI=1S/C16H16FN3O4S/c1-3-24-15(22)11-7-19-16(20-14(11)18)25-8-12(21)10-6-9(17)4-5-13(10)23-2/h4-7H,3,8H2,1-2H3,(H2,18,19,20). The zero-order valence-corrected chi connectivity index (χ0v) is 14.4. The molecule has 1 aromatic heterocycles. The molecular formula is C16H16FN3O4S. The van der Waals surface area contributed by atoms with E-state index in [2.05, 4.69) is 9.97 Å². The van der Waals surface area contributed by atoms with Gasteiger partial charge in [-0.15, -0.1) is 0 Å².